The zero-order chi connectivity index (χ0) is 16.4. The summed E-state index contributed by atoms with van der Waals surface area (Å²) in [6.07, 6.45) is 0. The molecule has 0 spiro atoms. The van der Waals surface area contributed by atoms with E-state index in [0.717, 1.165) is 17.4 Å². The van der Waals surface area contributed by atoms with Gasteiger partial charge in [0.1, 0.15) is 11.8 Å². The number of guanidine groups is 1. The van der Waals surface area contributed by atoms with Crippen LogP contribution in [-0.2, 0) is 4.79 Å². The number of ether oxygens (including phenoxy) is 1. The lowest BCUT2D eigenvalue weighted by atomic mass is 10.2. The second-order valence-electron chi connectivity index (χ2n) is 6.07. The number of carbonyl (C=O) groups excluding carboxylic acids is 1. The van der Waals surface area contributed by atoms with Crippen LogP contribution < -0.4 is 9.64 Å². The molecule has 5 nitrogen and oxygen atoms in total. The summed E-state index contributed by atoms with van der Waals surface area (Å²) in [6, 6.07) is 7.68. The van der Waals surface area contributed by atoms with Gasteiger partial charge in [-0.1, -0.05) is 0 Å². The topological polar surface area (TPSA) is 45.1 Å². The number of anilines is 1. The molecule has 1 aliphatic heterocycles. The fourth-order valence-corrected chi connectivity index (χ4v) is 2.79. The minimum absolute atomic E-state index is 0.00599. The fraction of sp³-hybridized carbons (Fsp3) is 0.529. The van der Waals surface area contributed by atoms with Crippen molar-refractivity contribution < 1.29 is 9.53 Å². The van der Waals surface area contributed by atoms with E-state index in [9.17, 15) is 4.79 Å². The summed E-state index contributed by atoms with van der Waals surface area (Å²) in [5.41, 5.74) is 0.820. The Morgan fingerprint density at radius 3 is 2.14 bits per heavy atom. The van der Waals surface area contributed by atoms with Crippen molar-refractivity contribution in [2.75, 3.05) is 12.0 Å². The first-order valence-corrected chi connectivity index (χ1v) is 7.71. The summed E-state index contributed by atoms with van der Waals surface area (Å²) in [5, 5.41) is 0. The zero-order valence-electron chi connectivity index (χ0n) is 14.2. The quantitative estimate of drug-likeness (QED) is 0.859. The average molecular weight is 303 g/mol. The Kier molecular flexibility index (Phi) is 4.74. The van der Waals surface area contributed by atoms with Crippen molar-refractivity contribution in [3.8, 4) is 5.75 Å². The van der Waals surface area contributed by atoms with Crippen molar-refractivity contribution in [1.29, 1.82) is 0 Å². The predicted molar refractivity (Wildman–Crippen MR) is 89.5 cm³/mol. The number of methoxy groups -OCH3 is 1. The fourth-order valence-electron chi connectivity index (χ4n) is 2.79. The van der Waals surface area contributed by atoms with Crippen LogP contribution in [-0.4, -0.2) is 42.0 Å². The lowest BCUT2D eigenvalue weighted by molar-refractivity contribution is -0.117. The molecule has 2 rings (SSSR count). The first-order valence-electron chi connectivity index (χ1n) is 7.71. The smallest absolute Gasteiger partial charge is 0.258 e. The second kappa shape index (κ2) is 6.38. The Hall–Kier alpha value is -2.04. The second-order valence-corrected chi connectivity index (χ2v) is 6.07. The molecule has 0 bridgehead atoms. The minimum Gasteiger partial charge on any atom is -0.497 e. The Bertz CT molecular complexity index is 556. The molecule has 22 heavy (non-hydrogen) atoms. The van der Waals surface area contributed by atoms with E-state index in [4.69, 9.17) is 4.74 Å². The highest BCUT2D eigenvalue weighted by molar-refractivity contribution is 6.21. The van der Waals surface area contributed by atoms with Gasteiger partial charge in [0.25, 0.3) is 5.91 Å². The normalized spacial score (nSPS) is 18.2. The molecule has 0 fully saturated rings. The van der Waals surface area contributed by atoms with Crippen molar-refractivity contribution in [1.82, 2.24) is 4.90 Å². The predicted octanol–water partition coefficient (Wildman–Crippen LogP) is 2.91. The van der Waals surface area contributed by atoms with E-state index in [1.54, 1.807) is 12.0 Å². The van der Waals surface area contributed by atoms with Crippen molar-refractivity contribution >= 4 is 17.6 Å². The highest BCUT2D eigenvalue weighted by Crippen LogP contribution is 2.26. The summed E-state index contributed by atoms with van der Waals surface area (Å²) >= 11 is 0. The van der Waals surface area contributed by atoms with Crippen LogP contribution >= 0.6 is 0 Å². The summed E-state index contributed by atoms with van der Waals surface area (Å²) in [5.74, 6) is 1.51. The standard InChI is InChI=1S/C17H25N3O2/c1-11(2)19(12(3)4)17-18-13(5)16(21)20(17)14-7-9-15(22-6)10-8-14/h7-13H,1-6H3. The third kappa shape index (κ3) is 2.93. The molecule has 0 radical (unpaired) electrons. The molecule has 120 valence electrons. The molecule has 1 amide bonds. The number of hydrogen-bond acceptors (Lipinski definition) is 4. The van der Waals surface area contributed by atoms with Gasteiger partial charge in [0, 0.05) is 12.1 Å². The van der Waals surface area contributed by atoms with E-state index >= 15 is 0 Å². The molecule has 1 aromatic carbocycles. The largest absolute Gasteiger partial charge is 0.497 e. The molecule has 0 aliphatic carbocycles. The molecule has 1 aliphatic rings. The highest BCUT2D eigenvalue weighted by atomic mass is 16.5. The van der Waals surface area contributed by atoms with Gasteiger partial charge in [0.15, 0.2) is 0 Å². The average Bonchev–Trinajstić information content (AvgIpc) is 2.74. The summed E-state index contributed by atoms with van der Waals surface area (Å²) in [7, 11) is 1.63. The van der Waals surface area contributed by atoms with E-state index in [1.165, 1.54) is 0 Å². The third-order valence-electron chi connectivity index (χ3n) is 3.76. The van der Waals surface area contributed by atoms with Crippen LogP contribution in [0.5, 0.6) is 5.75 Å². The van der Waals surface area contributed by atoms with Gasteiger partial charge < -0.3 is 9.64 Å². The molecule has 0 aromatic heterocycles. The van der Waals surface area contributed by atoms with Crippen molar-refractivity contribution in [2.24, 2.45) is 4.99 Å². The van der Waals surface area contributed by atoms with Crippen LogP contribution in [0.2, 0.25) is 0 Å². The van der Waals surface area contributed by atoms with Gasteiger partial charge in [0.2, 0.25) is 5.96 Å². The first-order chi connectivity index (χ1) is 10.4. The minimum atomic E-state index is -0.350. The van der Waals surface area contributed by atoms with E-state index in [1.807, 2.05) is 31.2 Å². The van der Waals surface area contributed by atoms with E-state index in [0.29, 0.717) is 0 Å². The number of aliphatic imine (C=N–C) groups is 1. The summed E-state index contributed by atoms with van der Waals surface area (Å²) in [4.78, 5) is 21.1. The zero-order valence-corrected chi connectivity index (χ0v) is 14.2. The van der Waals surface area contributed by atoms with E-state index in [2.05, 4.69) is 37.6 Å². The van der Waals surface area contributed by atoms with Gasteiger partial charge in [-0.05, 0) is 58.9 Å². The van der Waals surface area contributed by atoms with Crippen LogP contribution in [0, 0.1) is 0 Å². The Morgan fingerprint density at radius 1 is 1.14 bits per heavy atom. The SMILES string of the molecule is COc1ccc(N2C(=O)C(C)N=C2N(C(C)C)C(C)C)cc1. The number of amides is 1. The Balaban J connectivity index is 2.42. The van der Waals surface area contributed by atoms with E-state index < -0.39 is 0 Å². The van der Waals surface area contributed by atoms with Crippen LogP contribution in [0.3, 0.4) is 0 Å². The van der Waals surface area contributed by atoms with Gasteiger partial charge in [-0.25, -0.2) is 9.89 Å². The monoisotopic (exact) mass is 303 g/mol. The maximum atomic E-state index is 12.6. The van der Waals surface area contributed by atoms with Crippen LogP contribution in [0.25, 0.3) is 0 Å². The van der Waals surface area contributed by atoms with Gasteiger partial charge in [-0.15, -0.1) is 0 Å². The maximum Gasteiger partial charge on any atom is 0.258 e. The molecular formula is C17H25N3O2. The molecule has 0 saturated heterocycles. The van der Waals surface area contributed by atoms with Crippen LogP contribution in [0.1, 0.15) is 34.6 Å². The Labute approximate surface area is 132 Å². The number of carbonyl (C=O) groups is 1. The third-order valence-corrected chi connectivity index (χ3v) is 3.76. The number of benzene rings is 1. The van der Waals surface area contributed by atoms with E-state index in [-0.39, 0.29) is 24.0 Å². The highest BCUT2D eigenvalue weighted by Gasteiger charge is 2.37. The molecule has 0 N–H and O–H groups in total. The number of hydrogen-bond donors (Lipinski definition) is 0. The molecular weight excluding hydrogens is 278 g/mol. The van der Waals surface area contributed by atoms with Crippen LogP contribution in [0.4, 0.5) is 5.69 Å². The first kappa shape index (κ1) is 16.3. The lowest BCUT2D eigenvalue weighted by Crippen LogP contribution is -2.50. The van der Waals surface area contributed by atoms with Gasteiger partial charge in [-0.2, -0.15) is 0 Å². The van der Waals surface area contributed by atoms with Crippen molar-refractivity contribution in [2.45, 2.75) is 52.7 Å². The molecule has 1 atom stereocenters. The maximum absolute atomic E-state index is 12.6. The molecule has 0 saturated carbocycles. The molecule has 1 aromatic rings. The number of nitrogens with zero attached hydrogens (tertiary/aromatic N) is 3. The molecule has 1 heterocycles. The Morgan fingerprint density at radius 2 is 1.68 bits per heavy atom. The van der Waals surface area contributed by atoms with Gasteiger partial charge in [0.05, 0.1) is 12.8 Å². The van der Waals surface area contributed by atoms with Gasteiger partial charge >= 0.3 is 0 Å². The molecule has 5 heteroatoms. The van der Waals surface area contributed by atoms with Gasteiger partial charge in [-0.3, -0.25) is 4.79 Å². The lowest BCUT2D eigenvalue weighted by Gasteiger charge is -2.36. The number of rotatable bonds is 4. The molecule has 1 unspecified atom stereocenters. The summed E-state index contributed by atoms with van der Waals surface area (Å²) < 4.78 is 5.19. The van der Waals surface area contributed by atoms with Crippen LogP contribution in [0.15, 0.2) is 29.3 Å². The van der Waals surface area contributed by atoms with Crippen molar-refractivity contribution in [3.05, 3.63) is 24.3 Å². The van der Waals surface area contributed by atoms with Crippen molar-refractivity contribution in [3.63, 3.8) is 0 Å². The summed E-state index contributed by atoms with van der Waals surface area (Å²) in [6.45, 7) is 10.3.